The summed E-state index contributed by atoms with van der Waals surface area (Å²) in [5, 5.41) is 0. The van der Waals surface area contributed by atoms with E-state index in [1.54, 1.807) is 0 Å². The Morgan fingerprint density at radius 3 is 3.08 bits per heavy atom. The van der Waals surface area contributed by atoms with Gasteiger partial charge in [-0.25, -0.2) is 0 Å². The summed E-state index contributed by atoms with van der Waals surface area (Å²) in [6.45, 7) is 2.12. The van der Waals surface area contributed by atoms with Crippen molar-refractivity contribution < 1.29 is 4.79 Å². The molecule has 0 radical (unpaired) electrons. The number of hydrogen-bond donors (Lipinski definition) is 0. The zero-order chi connectivity index (χ0) is 8.29. The number of fused-ring (bicyclic) bond motifs is 5. The van der Waals surface area contributed by atoms with Gasteiger partial charge in [-0.05, 0) is 30.6 Å². The summed E-state index contributed by atoms with van der Waals surface area (Å²) in [7, 11) is 0. The van der Waals surface area contributed by atoms with E-state index >= 15 is 0 Å². The van der Waals surface area contributed by atoms with E-state index in [4.69, 9.17) is 0 Å². The van der Waals surface area contributed by atoms with E-state index in [9.17, 15) is 4.79 Å². The summed E-state index contributed by atoms with van der Waals surface area (Å²) in [5.74, 6) is 3.53. The quantitative estimate of drug-likeness (QED) is 0.498. The lowest BCUT2D eigenvalue weighted by molar-refractivity contribution is -0.127. The van der Waals surface area contributed by atoms with Crippen LogP contribution in [0.25, 0.3) is 0 Å². The molecule has 3 aliphatic carbocycles. The average molecular weight is 162 g/mol. The van der Waals surface area contributed by atoms with E-state index in [1.165, 1.54) is 12.8 Å². The second-order valence-electron chi connectivity index (χ2n) is 4.60. The highest BCUT2D eigenvalue weighted by Crippen LogP contribution is 2.56. The third-order valence-corrected chi connectivity index (χ3v) is 4.25. The molecule has 0 aromatic carbocycles. The van der Waals surface area contributed by atoms with Gasteiger partial charge in [-0.2, -0.15) is 0 Å². The zero-order valence-electron chi connectivity index (χ0n) is 7.36. The van der Waals surface area contributed by atoms with Gasteiger partial charge in [-0.1, -0.05) is 19.1 Å². The monoisotopic (exact) mass is 162 g/mol. The molecular formula is C11H14O. The molecule has 3 aliphatic rings. The van der Waals surface area contributed by atoms with Crippen LogP contribution in [-0.2, 0) is 4.79 Å². The minimum Gasteiger partial charge on any atom is -0.299 e. The van der Waals surface area contributed by atoms with Crippen LogP contribution in [-0.4, -0.2) is 5.78 Å². The standard InChI is InChI=1S/C11H14O/c1-6-9-5-10(11(6)12)8-4-2-3-7(8)9/h2-3,6-10H,4-5H2,1H3/t6-,7+,8-,9+,10+/m0/s1. The maximum Gasteiger partial charge on any atom is 0.139 e. The van der Waals surface area contributed by atoms with Crippen molar-refractivity contribution in [2.75, 3.05) is 0 Å². The molecule has 0 unspecified atom stereocenters. The fraction of sp³-hybridized carbons (Fsp3) is 0.727. The van der Waals surface area contributed by atoms with Gasteiger partial charge in [-0.15, -0.1) is 0 Å². The first kappa shape index (κ1) is 6.88. The van der Waals surface area contributed by atoms with Crippen LogP contribution in [0.5, 0.6) is 0 Å². The van der Waals surface area contributed by atoms with Crippen LogP contribution in [0.3, 0.4) is 0 Å². The topological polar surface area (TPSA) is 17.1 Å². The van der Waals surface area contributed by atoms with Crippen LogP contribution in [0.15, 0.2) is 12.2 Å². The predicted octanol–water partition coefficient (Wildman–Crippen LogP) is 2.03. The van der Waals surface area contributed by atoms with Gasteiger partial charge >= 0.3 is 0 Å². The Kier molecular flexibility index (Phi) is 1.15. The van der Waals surface area contributed by atoms with E-state index in [-0.39, 0.29) is 0 Å². The third-order valence-electron chi connectivity index (χ3n) is 4.25. The summed E-state index contributed by atoms with van der Waals surface area (Å²) in [6.07, 6.45) is 7.00. The van der Waals surface area contributed by atoms with Gasteiger partial charge in [0.05, 0.1) is 0 Å². The first-order valence-corrected chi connectivity index (χ1v) is 4.99. The molecule has 1 heteroatoms. The number of Topliss-reactive ketones (excluding diaryl/α,β-unsaturated/α-hetero) is 1. The minimum atomic E-state index is 0.360. The first-order chi connectivity index (χ1) is 5.79. The number of carbonyl (C=O) groups excluding carboxylic acids is 1. The number of hydrogen-bond acceptors (Lipinski definition) is 1. The average Bonchev–Trinajstić information content (AvgIpc) is 2.63. The van der Waals surface area contributed by atoms with Gasteiger partial charge in [0.15, 0.2) is 0 Å². The highest BCUT2D eigenvalue weighted by Gasteiger charge is 2.55. The fourth-order valence-corrected chi connectivity index (χ4v) is 3.62. The molecule has 0 saturated heterocycles. The Labute approximate surface area is 72.8 Å². The van der Waals surface area contributed by atoms with Gasteiger partial charge in [0, 0.05) is 11.8 Å². The minimum absolute atomic E-state index is 0.360. The van der Waals surface area contributed by atoms with Crippen molar-refractivity contribution in [1.82, 2.24) is 0 Å². The summed E-state index contributed by atoms with van der Waals surface area (Å²) in [5.41, 5.74) is 0. The van der Waals surface area contributed by atoms with E-state index in [2.05, 4.69) is 19.1 Å². The van der Waals surface area contributed by atoms with Crippen LogP contribution in [0.2, 0.25) is 0 Å². The van der Waals surface area contributed by atoms with Crippen molar-refractivity contribution in [3.05, 3.63) is 12.2 Å². The lowest BCUT2D eigenvalue weighted by atomic mass is 9.76. The molecule has 5 atom stereocenters. The van der Waals surface area contributed by atoms with Crippen LogP contribution < -0.4 is 0 Å². The fourth-order valence-electron chi connectivity index (χ4n) is 3.62. The third kappa shape index (κ3) is 0.596. The molecule has 0 aliphatic heterocycles. The smallest absolute Gasteiger partial charge is 0.139 e. The summed E-state index contributed by atoms with van der Waals surface area (Å²) in [6, 6.07) is 0. The van der Waals surface area contributed by atoms with Crippen molar-refractivity contribution in [2.24, 2.45) is 29.6 Å². The van der Waals surface area contributed by atoms with Crippen LogP contribution in [0.1, 0.15) is 19.8 Å². The largest absolute Gasteiger partial charge is 0.299 e. The van der Waals surface area contributed by atoms with Crippen LogP contribution in [0, 0.1) is 29.6 Å². The van der Waals surface area contributed by atoms with Crippen LogP contribution >= 0.6 is 0 Å². The number of carbonyl (C=O) groups is 1. The van der Waals surface area contributed by atoms with Crippen molar-refractivity contribution in [2.45, 2.75) is 19.8 Å². The maximum absolute atomic E-state index is 11.7. The Morgan fingerprint density at radius 1 is 1.42 bits per heavy atom. The Balaban J connectivity index is 2.00. The molecule has 2 saturated carbocycles. The summed E-state index contributed by atoms with van der Waals surface area (Å²) < 4.78 is 0. The van der Waals surface area contributed by atoms with E-state index in [0.29, 0.717) is 29.5 Å². The van der Waals surface area contributed by atoms with Crippen LogP contribution in [0.4, 0.5) is 0 Å². The second kappa shape index (κ2) is 2.01. The van der Waals surface area contributed by atoms with Gasteiger partial charge in [0.1, 0.15) is 5.78 Å². The van der Waals surface area contributed by atoms with Crippen molar-refractivity contribution in [3.8, 4) is 0 Å². The Hall–Kier alpha value is -0.590. The van der Waals surface area contributed by atoms with E-state index < -0.39 is 0 Å². The highest BCUT2D eigenvalue weighted by atomic mass is 16.1. The molecule has 3 rings (SSSR count). The Bertz CT molecular complexity index is 266. The molecule has 0 aromatic rings. The normalized spacial score (nSPS) is 55.1. The van der Waals surface area contributed by atoms with Gasteiger partial charge < -0.3 is 0 Å². The molecule has 12 heavy (non-hydrogen) atoms. The first-order valence-electron chi connectivity index (χ1n) is 4.99. The molecule has 0 N–H and O–H groups in total. The summed E-state index contributed by atoms with van der Waals surface area (Å²) >= 11 is 0. The lowest BCUT2D eigenvalue weighted by Crippen LogP contribution is -2.30. The molecule has 0 heterocycles. The molecule has 2 bridgehead atoms. The van der Waals surface area contributed by atoms with Crippen molar-refractivity contribution in [3.63, 3.8) is 0 Å². The number of allylic oxidation sites excluding steroid dienone is 2. The molecule has 1 nitrogen and oxygen atoms in total. The molecule has 0 amide bonds. The SMILES string of the molecule is C[C@@H]1C(=O)[C@@H]2C[C@H]1[C@@H]1C=CC[C@@H]12. The molecule has 0 spiro atoms. The predicted molar refractivity (Wildman–Crippen MR) is 46.5 cm³/mol. The number of rotatable bonds is 0. The maximum atomic E-state index is 11.7. The van der Waals surface area contributed by atoms with Crippen molar-refractivity contribution in [1.29, 1.82) is 0 Å². The van der Waals surface area contributed by atoms with Gasteiger partial charge in [0.2, 0.25) is 0 Å². The highest BCUT2D eigenvalue weighted by molar-refractivity contribution is 5.87. The zero-order valence-corrected chi connectivity index (χ0v) is 7.36. The van der Waals surface area contributed by atoms with E-state index in [1.807, 2.05) is 0 Å². The van der Waals surface area contributed by atoms with Crippen molar-refractivity contribution >= 4 is 5.78 Å². The molecular weight excluding hydrogens is 148 g/mol. The molecule has 2 fully saturated rings. The second-order valence-corrected chi connectivity index (χ2v) is 4.60. The molecule has 0 aromatic heterocycles. The van der Waals surface area contributed by atoms with Gasteiger partial charge in [-0.3, -0.25) is 4.79 Å². The lowest BCUT2D eigenvalue weighted by Gasteiger charge is -2.27. The van der Waals surface area contributed by atoms with E-state index in [0.717, 1.165) is 5.92 Å². The Morgan fingerprint density at radius 2 is 2.25 bits per heavy atom. The number of ketones is 1. The summed E-state index contributed by atoms with van der Waals surface area (Å²) in [4.78, 5) is 11.7. The molecule has 64 valence electrons. The van der Waals surface area contributed by atoms with Gasteiger partial charge in [0.25, 0.3) is 0 Å².